The maximum absolute atomic E-state index is 8.60. The average Bonchev–Trinajstić information content (AvgIpc) is 3.79. The van der Waals surface area contributed by atoms with Gasteiger partial charge < -0.3 is 13.6 Å². The molecule has 0 bridgehead atoms. The lowest BCUT2D eigenvalue weighted by atomic mass is 10.0. The summed E-state index contributed by atoms with van der Waals surface area (Å²) in [7, 11) is 0. The lowest BCUT2D eigenvalue weighted by Crippen LogP contribution is -2.04. The molecule has 0 radical (unpaired) electrons. The third-order valence-electron chi connectivity index (χ3n) is 9.53. The van der Waals surface area contributed by atoms with Crippen molar-refractivity contribution in [3.8, 4) is 22.5 Å². The summed E-state index contributed by atoms with van der Waals surface area (Å²) in [6, 6.07) is 52.8. The minimum Gasteiger partial charge on any atom is -0.457 e. The summed E-state index contributed by atoms with van der Waals surface area (Å²) in [4.78, 5) is 4.23. The summed E-state index contributed by atoms with van der Waals surface area (Å²) >= 11 is 0. The van der Waals surface area contributed by atoms with E-state index in [0.717, 1.165) is 82.5 Å². The van der Waals surface area contributed by atoms with Crippen LogP contribution in [0.2, 0.25) is 0 Å². The SMILES string of the molecule is [C-]#[N+]c1cc2oc3c(-c4ccccc4)cccc3c2c(-n2c3ccccc3c3ccccc32)c1-n1c2ccccc2c2ccccc21. The van der Waals surface area contributed by atoms with Crippen molar-refractivity contribution in [2.24, 2.45) is 0 Å². The molecule has 0 N–H and O–H groups in total. The van der Waals surface area contributed by atoms with Crippen molar-refractivity contribution in [2.75, 3.05) is 0 Å². The number of fused-ring (bicyclic) bond motifs is 9. The van der Waals surface area contributed by atoms with E-state index in [2.05, 4.69) is 154 Å². The lowest BCUT2D eigenvalue weighted by molar-refractivity contribution is 0.670. The molecule has 4 heteroatoms. The Morgan fingerprint density at radius 2 is 0.936 bits per heavy atom. The maximum Gasteiger partial charge on any atom is 0.216 e. The van der Waals surface area contributed by atoms with Gasteiger partial charge in [0.15, 0.2) is 0 Å². The highest BCUT2D eigenvalue weighted by Gasteiger charge is 2.27. The van der Waals surface area contributed by atoms with E-state index in [1.807, 2.05) is 12.1 Å². The summed E-state index contributed by atoms with van der Waals surface area (Å²) < 4.78 is 11.5. The molecule has 218 valence electrons. The summed E-state index contributed by atoms with van der Waals surface area (Å²) in [6.07, 6.45) is 0. The Balaban J connectivity index is 1.49. The zero-order valence-corrected chi connectivity index (χ0v) is 25.2. The summed E-state index contributed by atoms with van der Waals surface area (Å²) in [5.74, 6) is 0. The van der Waals surface area contributed by atoms with Crippen LogP contribution in [0.4, 0.5) is 5.69 Å². The molecule has 0 amide bonds. The molecule has 10 rings (SSSR count). The van der Waals surface area contributed by atoms with Crippen LogP contribution in [0.25, 0.3) is 92.9 Å². The van der Waals surface area contributed by atoms with Gasteiger partial charge in [0.25, 0.3) is 0 Å². The van der Waals surface area contributed by atoms with Crippen molar-refractivity contribution < 1.29 is 4.42 Å². The van der Waals surface area contributed by atoms with Crippen LogP contribution in [0.5, 0.6) is 0 Å². The van der Waals surface area contributed by atoms with E-state index in [0.29, 0.717) is 11.3 Å². The van der Waals surface area contributed by atoms with Crippen molar-refractivity contribution in [2.45, 2.75) is 0 Å². The van der Waals surface area contributed by atoms with Gasteiger partial charge in [-0.1, -0.05) is 121 Å². The van der Waals surface area contributed by atoms with Crippen molar-refractivity contribution in [3.05, 3.63) is 163 Å². The van der Waals surface area contributed by atoms with Crippen molar-refractivity contribution in [1.29, 1.82) is 0 Å². The highest BCUT2D eigenvalue weighted by Crippen LogP contribution is 2.48. The first-order valence-electron chi connectivity index (χ1n) is 15.7. The minimum atomic E-state index is 0.529. The van der Waals surface area contributed by atoms with E-state index in [4.69, 9.17) is 11.0 Å². The van der Waals surface area contributed by atoms with Gasteiger partial charge in [-0.2, -0.15) is 0 Å². The molecule has 0 unspecified atom stereocenters. The molecule has 0 spiro atoms. The first-order valence-corrected chi connectivity index (χ1v) is 15.7. The van der Waals surface area contributed by atoms with Gasteiger partial charge in [-0.3, -0.25) is 0 Å². The third-order valence-corrected chi connectivity index (χ3v) is 9.53. The Morgan fingerprint density at radius 3 is 1.47 bits per heavy atom. The number of hydrogen-bond donors (Lipinski definition) is 0. The quantitative estimate of drug-likeness (QED) is 0.186. The minimum absolute atomic E-state index is 0.529. The fraction of sp³-hybridized carbons (Fsp3) is 0. The average molecular weight is 600 g/mol. The number of rotatable bonds is 3. The van der Waals surface area contributed by atoms with E-state index in [1.165, 1.54) is 0 Å². The van der Waals surface area contributed by atoms with Gasteiger partial charge in [-0.15, -0.1) is 0 Å². The summed E-state index contributed by atoms with van der Waals surface area (Å²) in [5, 5.41) is 6.61. The Labute approximate surface area is 269 Å². The molecule has 3 heterocycles. The molecule has 0 saturated carbocycles. The van der Waals surface area contributed by atoms with Gasteiger partial charge in [-0.05, 0) is 35.9 Å². The largest absolute Gasteiger partial charge is 0.457 e. The second kappa shape index (κ2) is 9.71. The Morgan fingerprint density at radius 1 is 0.468 bits per heavy atom. The monoisotopic (exact) mass is 599 g/mol. The normalized spacial score (nSPS) is 11.8. The van der Waals surface area contributed by atoms with Gasteiger partial charge in [-0.25, -0.2) is 4.85 Å². The van der Waals surface area contributed by atoms with Gasteiger partial charge in [0.2, 0.25) is 5.69 Å². The molecule has 3 aromatic heterocycles. The standard InChI is InChI=1S/C43H25N3O/c1-44-34-26-39-40(33-21-13-20-28(43(33)47-39)27-14-3-2-4-15-27)42(46-37-24-11-7-18-31(37)32-19-8-12-25-38(32)46)41(34)45-35-22-9-5-16-29(35)30-17-6-10-23-36(30)45/h2-26H. The smallest absolute Gasteiger partial charge is 0.216 e. The van der Waals surface area contributed by atoms with Gasteiger partial charge in [0, 0.05) is 32.5 Å². The van der Waals surface area contributed by atoms with Gasteiger partial charge in [0.1, 0.15) is 11.2 Å². The van der Waals surface area contributed by atoms with Gasteiger partial charge >= 0.3 is 0 Å². The molecule has 0 fully saturated rings. The Bertz CT molecular complexity index is 2810. The lowest BCUT2D eigenvalue weighted by Gasteiger charge is -2.19. The van der Waals surface area contributed by atoms with Crippen LogP contribution >= 0.6 is 0 Å². The van der Waals surface area contributed by atoms with Crippen molar-refractivity contribution in [3.63, 3.8) is 0 Å². The first-order chi connectivity index (χ1) is 23.3. The molecule has 0 atom stereocenters. The molecule has 7 aromatic carbocycles. The second-order valence-electron chi connectivity index (χ2n) is 12.0. The van der Waals surface area contributed by atoms with E-state index < -0.39 is 0 Å². The predicted octanol–water partition coefficient (Wildman–Crippen LogP) is 12.0. The topological polar surface area (TPSA) is 27.4 Å². The molecule has 10 aromatic rings. The van der Waals surface area contributed by atoms with E-state index in [-0.39, 0.29) is 0 Å². The fourth-order valence-corrected chi connectivity index (χ4v) is 7.61. The van der Waals surface area contributed by atoms with Crippen LogP contribution < -0.4 is 0 Å². The third kappa shape index (κ3) is 3.51. The molecule has 0 aliphatic carbocycles. The van der Waals surface area contributed by atoms with Crippen LogP contribution in [0.3, 0.4) is 0 Å². The number of benzene rings is 7. The highest BCUT2D eigenvalue weighted by atomic mass is 16.3. The highest BCUT2D eigenvalue weighted by molar-refractivity contribution is 6.20. The second-order valence-corrected chi connectivity index (χ2v) is 12.0. The Kier molecular flexibility index (Phi) is 5.32. The molecule has 0 aliphatic heterocycles. The zero-order valence-electron chi connectivity index (χ0n) is 25.2. The van der Waals surface area contributed by atoms with E-state index >= 15 is 0 Å². The predicted molar refractivity (Wildman–Crippen MR) is 194 cm³/mol. The summed E-state index contributed by atoms with van der Waals surface area (Å²) in [5.41, 5.74) is 10.2. The van der Waals surface area contributed by atoms with Crippen LogP contribution in [0, 0.1) is 6.57 Å². The molecule has 47 heavy (non-hydrogen) atoms. The molecule has 4 nitrogen and oxygen atoms in total. The van der Waals surface area contributed by atoms with E-state index in [9.17, 15) is 0 Å². The zero-order chi connectivity index (χ0) is 31.1. The number of hydrogen-bond acceptors (Lipinski definition) is 1. The van der Waals surface area contributed by atoms with E-state index in [1.54, 1.807) is 0 Å². The maximum atomic E-state index is 8.60. The van der Waals surface area contributed by atoms with Crippen LogP contribution in [0.15, 0.2) is 156 Å². The van der Waals surface area contributed by atoms with Crippen molar-refractivity contribution in [1.82, 2.24) is 9.13 Å². The molecule has 0 saturated heterocycles. The molecule has 0 aliphatic rings. The number of furan rings is 1. The fourth-order valence-electron chi connectivity index (χ4n) is 7.61. The van der Waals surface area contributed by atoms with Crippen molar-refractivity contribution >= 4 is 71.2 Å². The molecular weight excluding hydrogens is 574 g/mol. The summed E-state index contributed by atoms with van der Waals surface area (Å²) in [6.45, 7) is 8.60. The number of nitrogens with zero attached hydrogens (tertiary/aromatic N) is 3. The van der Waals surface area contributed by atoms with Crippen LogP contribution in [-0.2, 0) is 0 Å². The first kappa shape index (κ1) is 25.7. The molecular formula is C43H25N3O. The van der Waals surface area contributed by atoms with Crippen LogP contribution in [0.1, 0.15) is 0 Å². The van der Waals surface area contributed by atoms with Crippen LogP contribution in [-0.4, -0.2) is 9.13 Å². The number of para-hydroxylation sites is 5. The van der Waals surface area contributed by atoms with Gasteiger partial charge in [0.05, 0.1) is 45.4 Å². The number of aromatic nitrogens is 2. The Hall–Kier alpha value is -6.57.